The fourth-order valence-corrected chi connectivity index (χ4v) is 2.40. The fraction of sp³-hybridized carbons (Fsp3) is 0.778. The topological polar surface area (TPSA) is 49.8 Å². The van der Waals surface area contributed by atoms with Crippen LogP contribution in [0.3, 0.4) is 0 Å². The van der Waals surface area contributed by atoms with Crippen molar-refractivity contribution in [3.63, 3.8) is 0 Å². The number of hydrogen-bond donors (Lipinski definition) is 2. The molecule has 2 N–H and O–H groups in total. The molecule has 1 saturated heterocycles. The molecule has 0 spiro atoms. The van der Waals surface area contributed by atoms with Gasteiger partial charge in [-0.1, -0.05) is 11.3 Å². The lowest BCUT2D eigenvalue weighted by Crippen LogP contribution is -2.38. The molecule has 2 atom stereocenters. The summed E-state index contributed by atoms with van der Waals surface area (Å²) in [7, 11) is 0. The fourth-order valence-electron chi connectivity index (χ4n) is 1.85. The number of anilines is 1. The van der Waals surface area contributed by atoms with Crippen LogP contribution in [-0.4, -0.2) is 29.3 Å². The van der Waals surface area contributed by atoms with Gasteiger partial charge in [0.05, 0.1) is 0 Å². The third-order valence-corrected chi connectivity index (χ3v) is 3.38. The first-order valence-electron chi connectivity index (χ1n) is 5.09. The number of nitrogens with one attached hydrogen (secondary N) is 2. The van der Waals surface area contributed by atoms with Crippen molar-refractivity contribution in [1.29, 1.82) is 0 Å². The Morgan fingerprint density at radius 2 is 2.64 bits per heavy atom. The lowest BCUT2D eigenvalue weighted by Gasteiger charge is -2.28. The molecule has 0 aliphatic carbocycles. The van der Waals surface area contributed by atoms with Crippen molar-refractivity contribution in [2.75, 3.05) is 18.4 Å². The highest BCUT2D eigenvalue weighted by Crippen LogP contribution is 2.18. The first kappa shape index (κ1) is 9.86. The molecule has 0 saturated carbocycles. The summed E-state index contributed by atoms with van der Waals surface area (Å²) in [5, 5.41) is 15.6. The van der Waals surface area contributed by atoms with E-state index >= 15 is 0 Å². The van der Waals surface area contributed by atoms with Crippen LogP contribution in [0.2, 0.25) is 0 Å². The second kappa shape index (κ2) is 4.70. The van der Waals surface area contributed by atoms with Gasteiger partial charge in [0, 0.05) is 6.04 Å². The number of piperidine rings is 1. The molecule has 0 amide bonds. The van der Waals surface area contributed by atoms with Crippen LogP contribution in [-0.2, 0) is 0 Å². The lowest BCUT2D eigenvalue weighted by atomic mass is 9.93. The third-order valence-electron chi connectivity index (χ3n) is 2.75. The maximum atomic E-state index is 3.99. The molecule has 2 rings (SSSR count). The molecule has 14 heavy (non-hydrogen) atoms. The van der Waals surface area contributed by atoms with Gasteiger partial charge in [0.25, 0.3) is 0 Å². The summed E-state index contributed by atoms with van der Waals surface area (Å²) in [6, 6.07) is 0.482. The van der Waals surface area contributed by atoms with E-state index in [-0.39, 0.29) is 0 Å². The van der Waals surface area contributed by atoms with Crippen molar-refractivity contribution in [2.24, 2.45) is 5.92 Å². The van der Waals surface area contributed by atoms with Gasteiger partial charge in [-0.2, -0.15) is 0 Å². The minimum Gasteiger partial charge on any atom is -0.357 e. The molecule has 1 aromatic heterocycles. The van der Waals surface area contributed by atoms with Crippen molar-refractivity contribution in [3.8, 4) is 0 Å². The van der Waals surface area contributed by atoms with Gasteiger partial charge in [-0.3, -0.25) is 0 Å². The largest absolute Gasteiger partial charge is 0.357 e. The molecule has 1 fully saturated rings. The summed E-state index contributed by atoms with van der Waals surface area (Å²) >= 11 is 1.56. The smallest absolute Gasteiger partial charge is 0.205 e. The van der Waals surface area contributed by atoms with E-state index in [0.717, 1.165) is 11.7 Å². The van der Waals surface area contributed by atoms with Crippen molar-refractivity contribution < 1.29 is 0 Å². The van der Waals surface area contributed by atoms with Crippen LogP contribution in [0.25, 0.3) is 0 Å². The summed E-state index contributed by atoms with van der Waals surface area (Å²) < 4.78 is 0. The molecule has 2 unspecified atom stereocenters. The molecule has 5 heteroatoms. The summed E-state index contributed by atoms with van der Waals surface area (Å²) in [6.07, 6.45) is 2.59. The van der Waals surface area contributed by atoms with Gasteiger partial charge in [0.2, 0.25) is 5.13 Å². The Balaban J connectivity index is 1.85. The van der Waals surface area contributed by atoms with Crippen LogP contribution in [0, 0.1) is 5.92 Å². The van der Waals surface area contributed by atoms with Gasteiger partial charge in [0.15, 0.2) is 0 Å². The van der Waals surface area contributed by atoms with E-state index in [0.29, 0.717) is 12.0 Å². The Labute approximate surface area is 88.1 Å². The number of nitrogens with zero attached hydrogens (tertiary/aromatic N) is 2. The maximum Gasteiger partial charge on any atom is 0.205 e. The van der Waals surface area contributed by atoms with Gasteiger partial charge in [-0.05, 0) is 38.8 Å². The van der Waals surface area contributed by atoms with E-state index in [1.54, 1.807) is 16.8 Å². The second-order valence-corrected chi connectivity index (χ2v) is 4.62. The van der Waals surface area contributed by atoms with Crippen LogP contribution in [0.1, 0.15) is 19.8 Å². The van der Waals surface area contributed by atoms with Crippen molar-refractivity contribution in [1.82, 2.24) is 15.5 Å². The average Bonchev–Trinajstić information content (AvgIpc) is 2.72. The van der Waals surface area contributed by atoms with Crippen LogP contribution in [0.5, 0.6) is 0 Å². The van der Waals surface area contributed by atoms with Gasteiger partial charge >= 0.3 is 0 Å². The van der Waals surface area contributed by atoms with Crippen molar-refractivity contribution >= 4 is 16.5 Å². The molecule has 1 aromatic rings. The zero-order valence-corrected chi connectivity index (χ0v) is 9.18. The molecular formula is C9H16N4S. The highest BCUT2D eigenvalue weighted by molar-refractivity contribution is 7.13. The minimum atomic E-state index is 0.482. The summed E-state index contributed by atoms with van der Waals surface area (Å²) in [5.74, 6) is 0.715. The minimum absolute atomic E-state index is 0.482. The van der Waals surface area contributed by atoms with Crippen molar-refractivity contribution in [3.05, 3.63) is 5.51 Å². The standard InChI is InChI=1S/C9H16N4S/c1-7(8-3-2-4-10-5-8)12-9-13-11-6-14-9/h6-8,10H,2-5H2,1H3,(H,12,13). The molecular weight excluding hydrogens is 196 g/mol. The summed E-state index contributed by atoms with van der Waals surface area (Å²) in [6.45, 7) is 4.51. The Hall–Kier alpha value is -0.680. The van der Waals surface area contributed by atoms with Gasteiger partial charge < -0.3 is 10.6 Å². The number of hydrogen-bond acceptors (Lipinski definition) is 5. The van der Waals surface area contributed by atoms with Crippen molar-refractivity contribution in [2.45, 2.75) is 25.8 Å². The Kier molecular flexibility index (Phi) is 3.31. The number of rotatable bonds is 3. The number of aromatic nitrogens is 2. The molecule has 4 nitrogen and oxygen atoms in total. The first-order valence-corrected chi connectivity index (χ1v) is 5.97. The SMILES string of the molecule is CC(Nc1nncs1)C1CCCNC1. The Bertz CT molecular complexity index is 256. The van der Waals surface area contributed by atoms with Gasteiger partial charge in [-0.25, -0.2) is 0 Å². The van der Waals surface area contributed by atoms with E-state index < -0.39 is 0 Å². The third kappa shape index (κ3) is 2.42. The quantitative estimate of drug-likeness (QED) is 0.794. The van der Waals surface area contributed by atoms with Crippen LogP contribution < -0.4 is 10.6 Å². The zero-order chi connectivity index (χ0) is 9.80. The normalized spacial score (nSPS) is 24.5. The maximum absolute atomic E-state index is 3.99. The lowest BCUT2D eigenvalue weighted by molar-refractivity contribution is 0.347. The zero-order valence-electron chi connectivity index (χ0n) is 8.36. The predicted molar refractivity (Wildman–Crippen MR) is 58.6 cm³/mol. The van der Waals surface area contributed by atoms with Gasteiger partial charge in [0.1, 0.15) is 5.51 Å². The van der Waals surface area contributed by atoms with E-state index in [1.807, 2.05) is 0 Å². The van der Waals surface area contributed by atoms with E-state index in [1.165, 1.54) is 19.4 Å². The van der Waals surface area contributed by atoms with Crippen LogP contribution in [0.4, 0.5) is 5.13 Å². The molecule has 0 radical (unpaired) electrons. The first-order chi connectivity index (χ1) is 6.86. The highest BCUT2D eigenvalue weighted by atomic mass is 32.1. The highest BCUT2D eigenvalue weighted by Gasteiger charge is 2.20. The molecule has 0 aromatic carbocycles. The molecule has 0 bridgehead atoms. The van der Waals surface area contributed by atoms with E-state index in [9.17, 15) is 0 Å². The Morgan fingerprint density at radius 3 is 3.29 bits per heavy atom. The summed E-state index contributed by atoms with van der Waals surface area (Å²) in [5.41, 5.74) is 1.76. The molecule has 2 heterocycles. The molecule has 1 aliphatic heterocycles. The van der Waals surface area contributed by atoms with Crippen LogP contribution >= 0.6 is 11.3 Å². The van der Waals surface area contributed by atoms with E-state index in [4.69, 9.17) is 0 Å². The monoisotopic (exact) mass is 212 g/mol. The van der Waals surface area contributed by atoms with Crippen LogP contribution in [0.15, 0.2) is 5.51 Å². The summed E-state index contributed by atoms with van der Waals surface area (Å²) in [4.78, 5) is 0. The Morgan fingerprint density at radius 1 is 1.71 bits per heavy atom. The second-order valence-electron chi connectivity index (χ2n) is 3.78. The average molecular weight is 212 g/mol. The molecule has 78 valence electrons. The van der Waals surface area contributed by atoms with E-state index in [2.05, 4.69) is 27.8 Å². The van der Waals surface area contributed by atoms with Gasteiger partial charge in [-0.15, -0.1) is 10.2 Å². The molecule has 1 aliphatic rings. The predicted octanol–water partition coefficient (Wildman–Crippen LogP) is 1.34.